The minimum absolute atomic E-state index is 0.122. The first-order chi connectivity index (χ1) is 12.5. The molecule has 2 aromatic carbocycles. The molecule has 0 aliphatic rings. The van der Waals surface area contributed by atoms with E-state index in [-0.39, 0.29) is 27.0 Å². The zero-order valence-corrected chi connectivity index (χ0v) is 19.0. The van der Waals surface area contributed by atoms with Crippen molar-refractivity contribution in [2.24, 2.45) is 0 Å². The van der Waals surface area contributed by atoms with Crippen molar-refractivity contribution in [2.45, 2.75) is 25.9 Å². The molecule has 0 aliphatic carbocycles. The van der Waals surface area contributed by atoms with Crippen molar-refractivity contribution >= 4 is 59.1 Å². The molecule has 0 saturated heterocycles. The van der Waals surface area contributed by atoms with Crippen molar-refractivity contribution in [1.29, 1.82) is 0 Å². The van der Waals surface area contributed by atoms with E-state index in [9.17, 15) is 4.57 Å². The van der Waals surface area contributed by atoms with Crippen LogP contribution < -0.4 is 14.6 Å². The van der Waals surface area contributed by atoms with Crippen molar-refractivity contribution in [1.82, 2.24) is 0 Å². The molecule has 146 valence electrons. The Morgan fingerprint density at radius 2 is 1.67 bits per heavy atom. The van der Waals surface area contributed by atoms with Crippen LogP contribution in [0.15, 0.2) is 43.0 Å². The molecular formula is C19H19Cl4O3P. The van der Waals surface area contributed by atoms with Gasteiger partial charge in [0.15, 0.2) is 0 Å². The van der Waals surface area contributed by atoms with Crippen molar-refractivity contribution in [3.63, 3.8) is 0 Å². The summed E-state index contributed by atoms with van der Waals surface area (Å²) in [6.07, 6.45) is 1.58. The zero-order valence-electron chi connectivity index (χ0n) is 15.1. The predicted molar refractivity (Wildman–Crippen MR) is 116 cm³/mol. The maximum absolute atomic E-state index is 14.2. The second-order valence-electron chi connectivity index (χ2n) is 6.70. The summed E-state index contributed by atoms with van der Waals surface area (Å²) in [7, 11) is -3.63. The topological polar surface area (TPSA) is 35.5 Å². The van der Waals surface area contributed by atoms with Gasteiger partial charge in [0, 0.05) is 6.07 Å². The number of ether oxygens (including phenoxy) is 1. The molecule has 0 radical (unpaired) electrons. The van der Waals surface area contributed by atoms with Crippen LogP contribution in [0.4, 0.5) is 0 Å². The van der Waals surface area contributed by atoms with Crippen LogP contribution in [0.2, 0.25) is 20.1 Å². The molecule has 2 aromatic rings. The summed E-state index contributed by atoms with van der Waals surface area (Å²) < 4.78 is 25.9. The number of halogens is 4. The summed E-state index contributed by atoms with van der Waals surface area (Å²) in [5.41, 5.74) is 0. The molecule has 0 aromatic heterocycles. The van der Waals surface area contributed by atoms with Crippen molar-refractivity contribution in [3.8, 4) is 11.5 Å². The fraction of sp³-hybridized carbons (Fsp3) is 0.263. The SMILES string of the molecule is C=CCOc1ccc(Cl)c(Cl)c1P(=O)(Oc1ccc(Cl)c(Cl)c1)C(C)(C)C. The molecule has 0 amide bonds. The molecule has 0 N–H and O–H groups in total. The molecule has 1 atom stereocenters. The van der Waals surface area contributed by atoms with Crippen LogP contribution in [-0.2, 0) is 4.57 Å². The van der Waals surface area contributed by atoms with Gasteiger partial charge in [0.05, 0.1) is 25.2 Å². The van der Waals surface area contributed by atoms with Crippen LogP contribution in [0.1, 0.15) is 20.8 Å². The molecule has 0 saturated carbocycles. The quantitative estimate of drug-likeness (QED) is 0.323. The van der Waals surface area contributed by atoms with E-state index in [1.165, 1.54) is 6.07 Å². The minimum Gasteiger partial charge on any atom is -0.489 e. The molecule has 0 fully saturated rings. The Morgan fingerprint density at radius 3 is 2.22 bits per heavy atom. The maximum Gasteiger partial charge on any atom is 0.287 e. The predicted octanol–water partition coefficient (Wildman–Crippen LogP) is 7.65. The molecule has 3 nitrogen and oxygen atoms in total. The van der Waals surface area contributed by atoms with E-state index >= 15 is 0 Å². The molecular weight excluding hydrogens is 449 g/mol. The molecule has 0 aliphatic heterocycles. The van der Waals surface area contributed by atoms with Crippen LogP contribution in [0, 0.1) is 0 Å². The van der Waals surface area contributed by atoms with Gasteiger partial charge < -0.3 is 9.26 Å². The van der Waals surface area contributed by atoms with Gasteiger partial charge in [0.2, 0.25) is 0 Å². The first-order valence-corrected chi connectivity index (χ1v) is 11.1. The number of hydrogen-bond acceptors (Lipinski definition) is 3. The number of benzene rings is 2. The third kappa shape index (κ3) is 4.78. The molecule has 27 heavy (non-hydrogen) atoms. The average molecular weight is 468 g/mol. The fourth-order valence-electron chi connectivity index (χ4n) is 2.26. The largest absolute Gasteiger partial charge is 0.489 e. The van der Waals surface area contributed by atoms with Crippen LogP contribution in [-0.4, -0.2) is 11.8 Å². The van der Waals surface area contributed by atoms with E-state index in [4.69, 9.17) is 55.7 Å². The van der Waals surface area contributed by atoms with Crippen molar-refractivity contribution < 1.29 is 13.8 Å². The molecule has 1 unspecified atom stereocenters. The smallest absolute Gasteiger partial charge is 0.287 e. The van der Waals surface area contributed by atoms with Gasteiger partial charge in [-0.25, -0.2) is 0 Å². The Morgan fingerprint density at radius 1 is 1.04 bits per heavy atom. The lowest BCUT2D eigenvalue weighted by Gasteiger charge is -2.33. The first-order valence-electron chi connectivity index (χ1n) is 7.98. The molecule has 2 rings (SSSR count). The van der Waals surface area contributed by atoms with E-state index < -0.39 is 12.5 Å². The molecule has 0 bridgehead atoms. The Labute approximate surface area is 179 Å². The highest BCUT2D eigenvalue weighted by molar-refractivity contribution is 7.69. The highest BCUT2D eigenvalue weighted by Gasteiger charge is 2.45. The zero-order chi connectivity index (χ0) is 20.4. The van der Waals surface area contributed by atoms with Crippen molar-refractivity contribution in [2.75, 3.05) is 6.61 Å². The Balaban J connectivity index is 2.69. The highest BCUT2D eigenvalue weighted by atomic mass is 35.5. The van der Waals surface area contributed by atoms with Crippen LogP contribution >= 0.6 is 53.8 Å². The van der Waals surface area contributed by atoms with Gasteiger partial charge in [-0.05, 0) is 45.0 Å². The lowest BCUT2D eigenvalue weighted by molar-refractivity contribution is 0.364. The first kappa shape index (κ1) is 22.5. The standard InChI is InChI=1S/C19H19Cl4O3P/c1-5-10-25-16-9-8-14(21)17(23)18(16)27(24,19(2,3)4)26-12-6-7-13(20)15(22)11-12/h5-9,11H,1,10H2,2-4H3. The summed E-state index contributed by atoms with van der Waals surface area (Å²) in [5, 5.41) is 0.425. The van der Waals surface area contributed by atoms with Gasteiger partial charge in [-0.3, -0.25) is 4.57 Å². The van der Waals surface area contributed by atoms with Gasteiger partial charge in [0.1, 0.15) is 23.4 Å². The van der Waals surface area contributed by atoms with E-state index in [0.29, 0.717) is 16.5 Å². The van der Waals surface area contributed by atoms with Crippen LogP contribution in [0.3, 0.4) is 0 Å². The normalized spacial score (nSPS) is 13.7. The van der Waals surface area contributed by atoms with Gasteiger partial charge in [-0.15, -0.1) is 0 Å². The van der Waals surface area contributed by atoms with Gasteiger partial charge in [-0.1, -0.05) is 59.1 Å². The van der Waals surface area contributed by atoms with Crippen LogP contribution in [0.5, 0.6) is 11.5 Å². The monoisotopic (exact) mass is 466 g/mol. The van der Waals surface area contributed by atoms with E-state index in [1.807, 2.05) is 0 Å². The molecule has 0 heterocycles. The maximum atomic E-state index is 14.2. The average Bonchev–Trinajstić information content (AvgIpc) is 2.58. The van der Waals surface area contributed by atoms with E-state index in [1.54, 1.807) is 51.1 Å². The van der Waals surface area contributed by atoms with Gasteiger partial charge in [-0.2, -0.15) is 0 Å². The summed E-state index contributed by atoms with van der Waals surface area (Å²) in [6.45, 7) is 9.22. The Hall–Kier alpha value is -0.830. The summed E-state index contributed by atoms with van der Waals surface area (Å²) in [4.78, 5) is 0. The van der Waals surface area contributed by atoms with Gasteiger partial charge in [0.25, 0.3) is 7.37 Å². The lowest BCUT2D eigenvalue weighted by Crippen LogP contribution is -2.29. The summed E-state index contributed by atoms with van der Waals surface area (Å²) in [5.74, 6) is 0.621. The van der Waals surface area contributed by atoms with Crippen LogP contribution in [0.25, 0.3) is 0 Å². The minimum atomic E-state index is -3.63. The summed E-state index contributed by atoms with van der Waals surface area (Å²) in [6, 6.07) is 7.86. The number of rotatable bonds is 6. The van der Waals surface area contributed by atoms with Gasteiger partial charge >= 0.3 is 0 Å². The third-order valence-electron chi connectivity index (χ3n) is 3.69. The highest BCUT2D eigenvalue weighted by Crippen LogP contribution is 2.60. The molecule has 0 spiro atoms. The molecule has 8 heteroatoms. The summed E-state index contributed by atoms with van der Waals surface area (Å²) >= 11 is 24.7. The lowest BCUT2D eigenvalue weighted by atomic mass is 10.3. The fourth-order valence-corrected chi connectivity index (χ4v) is 5.52. The third-order valence-corrected chi connectivity index (χ3v) is 8.63. The Kier molecular flexibility index (Phi) is 7.22. The van der Waals surface area contributed by atoms with E-state index in [0.717, 1.165) is 0 Å². The second-order valence-corrected chi connectivity index (χ2v) is 11.4. The van der Waals surface area contributed by atoms with Crippen molar-refractivity contribution in [3.05, 3.63) is 63.1 Å². The number of hydrogen-bond donors (Lipinski definition) is 0. The van der Waals surface area contributed by atoms with E-state index in [2.05, 4.69) is 6.58 Å². The Bertz CT molecular complexity index is 907. The second kappa shape index (κ2) is 8.68.